The maximum Gasteiger partial charge on any atom is 0.261 e. The molecule has 3 aliphatic carbocycles. The van der Waals surface area contributed by atoms with Crippen molar-refractivity contribution in [3.05, 3.63) is 24.3 Å². The average molecular weight is 385 g/mol. The SMILES string of the molecule is CCC1CCC(N(C(=O)COc2cccc(NC(=O)C3CC3)c2)C2CC2)CC1. The standard InChI is InChI=1S/C23H32N2O3/c1-2-16-6-10-19(11-7-16)25(20-12-13-20)22(26)15-28-21-5-3-4-18(14-21)24-23(27)17-8-9-17/h3-5,14,16-17,19-20H,2,6-13,15H2,1H3,(H,24,27). The van der Waals surface area contributed by atoms with E-state index in [-0.39, 0.29) is 24.3 Å². The number of benzene rings is 1. The predicted molar refractivity (Wildman–Crippen MR) is 109 cm³/mol. The number of ether oxygens (including phenoxy) is 1. The van der Waals surface area contributed by atoms with E-state index in [0.717, 1.165) is 50.1 Å². The molecule has 1 N–H and O–H groups in total. The van der Waals surface area contributed by atoms with Crippen LogP contribution in [0.25, 0.3) is 0 Å². The van der Waals surface area contributed by atoms with Gasteiger partial charge in [0.05, 0.1) is 0 Å². The summed E-state index contributed by atoms with van der Waals surface area (Å²) in [6.45, 7) is 2.34. The van der Waals surface area contributed by atoms with Crippen LogP contribution in [0.15, 0.2) is 24.3 Å². The fraction of sp³-hybridized carbons (Fsp3) is 0.652. The summed E-state index contributed by atoms with van der Waals surface area (Å²) >= 11 is 0. The van der Waals surface area contributed by atoms with Gasteiger partial charge >= 0.3 is 0 Å². The first-order chi connectivity index (χ1) is 13.6. The maximum atomic E-state index is 12.9. The van der Waals surface area contributed by atoms with Crippen molar-refractivity contribution in [1.82, 2.24) is 4.90 Å². The third-order valence-corrected chi connectivity index (χ3v) is 6.43. The number of hydrogen-bond acceptors (Lipinski definition) is 3. The van der Waals surface area contributed by atoms with Gasteiger partial charge in [0.1, 0.15) is 5.75 Å². The molecule has 0 saturated heterocycles. The number of hydrogen-bond donors (Lipinski definition) is 1. The van der Waals surface area contributed by atoms with E-state index in [0.29, 0.717) is 17.8 Å². The highest BCUT2D eigenvalue weighted by Gasteiger charge is 2.38. The van der Waals surface area contributed by atoms with Gasteiger partial charge in [-0.05, 0) is 69.4 Å². The maximum absolute atomic E-state index is 12.9. The van der Waals surface area contributed by atoms with Crippen LogP contribution in [0.4, 0.5) is 5.69 Å². The summed E-state index contributed by atoms with van der Waals surface area (Å²) in [6.07, 6.45) is 10.2. The van der Waals surface area contributed by atoms with Crippen LogP contribution >= 0.6 is 0 Å². The van der Waals surface area contributed by atoms with E-state index in [2.05, 4.69) is 17.1 Å². The Bertz CT molecular complexity index is 704. The molecule has 0 bridgehead atoms. The summed E-state index contributed by atoms with van der Waals surface area (Å²) in [5, 5.41) is 2.93. The Morgan fingerprint density at radius 3 is 2.32 bits per heavy atom. The molecule has 28 heavy (non-hydrogen) atoms. The van der Waals surface area contributed by atoms with Crippen LogP contribution in [0.2, 0.25) is 0 Å². The normalized spacial score (nSPS) is 24.5. The van der Waals surface area contributed by atoms with Gasteiger partial charge in [-0.3, -0.25) is 9.59 Å². The molecule has 0 unspecified atom stereocenters. The van der Waals surface area contributed by atoms with Gasteiger partial charge in [0, 0.05) is 29.8 Å². The van der Waals surface area contributed by atoms with E-state index in [9.17, 15) is 9.59 Å². The number of amides is 2. The van der Waals surface area contributed by atoms with Crippen LogP contribution in [0.1, 0.15) is 64.7 Å². The van der Waals surface area contributed by atoms with Crippen molar-refractivity contribution < 1.29 is 14.3 Å². The largest absolute Gasteiger partial charge is 0.484 e. The molecule has 3 saturated carbocycles. The molecule has 0 aliphatic heterocycles. The first-order valence-electron chi connectivity index (χ1n) is 11.0. The van der Waals surface area contributed by atoms with Gasteiger partial charge in [-0.2, -0.15) is 0 Å². The first kappa shape index (κ1) is 19.3. The molecule has 2 amide bonds. The summed E-state index contributed by atoms with van der Waals surface area (Å²) in [4.78, 5) is 27.0. The topological polar surface area (TPSA) is 58.6 Å². The summed E-state index contributed by atoms with van der Waals surface area (Å²) in [7, 11) is 0. The smallest absolute Gasteiger partial charge is 0.261 e. The number of anilines is 1. The Labute approximate surface area is 167 Å². The summed E-state index contributed by atoms with van der Waals surface area (Å²) in [5.74, 6) is 1.82. The van der Waals surface area contributed by atoms with E-state index in [1.807, 2.05) is 24.3 Å². The van der Waals surface area contributed by atoms with Crippen LogP contribution in [0.5, 0.6) is 5.75 Å². The van der Waals surface area contributed by atoms with E-state index in [1.165, 1.54) is 19.3 Å². The van der Waals surface area contributed by atoms with Crippen LogP contribution in [-0.2, 0) is 9.59 Å². The van der Waals surface area contributed by atoms with Crippen molar-refractivity contribution in [2.75, 3.05) is 11.9 Å². The van der Waals surface area contributed by atoms with Gasteiger partial charge < -0.3 is 15.0 Å². The first-order valence-corrected chi connectivity index (χ1v) is 11.0. The van der Waals surface area contributed by atoms with E-state index in [1.54, 1.807) is 0 Å². The minimum Gasteiger partial charge on any atom is -0.484 e. The van der Waals surface area contributed by atoms with Crippen LogP contribution < -0.4 is 10.1 Å². The molecule has 3 aliphatic rings. The molecule has 0 heterocycles. The minimum absolute atomic E-state index is 0.0736. The molecule has 3 fully saturated rings. The fourth-order valence-electron chi connectivity index (χ4n) is 4.36. The van der Waals surface area contributed by atoms with Gasteiger partial charge in [0.25, 0.3) is 5.91 Å². The zero-order valence-electron chi connectivity index (χ0n) is 16.9. The molecular formula is C23H32N2O3. The van der Waals surface area contributed by atoms with Crippen molar-refractivity contribution in [2.24, 2.45) is 11.8 Å². The van der Waals surface area contributed by atoms with E-state index in [4.69, 9.17) is 4.74 Å². The van der Waals surface area contributed by atoms with Crippen LogP contribution in [0, 0.1) is 11.8 Å². The van der Waals surface area contributed by atoms with Crippen molar-refractivity contribution in [3.8, 4) is 5.75 Å². The zero-order valence-corrected chi connectivity index (χ0v) is 16.9. The second kappa shape index (κ2) is 8.54. The van der Waals surface area contributed by atoms with E-state index < -0.39 is 0 Å². The molecule has 0 atom stereocenters. The lowest BCUT2D eigenvalue weighted by molar-refractivity contribution is -0.137. The molecule has 5 heteroatoms. The van der Waals surface area contributed by atoms with Gasteiger partial charge in [0.2, 0.25) is 5.91 Å². The number of nitrogens with one attached hydrogen (secondary N) is 1. The van der Waals surface area contributed by atoms with Gasteiger partial charge in [-0.15, -0.1) is 0 Å². The number of carbonyl (C=O) groups is 2. The lowest BCUT2D eigenvalue weighted by Gasteiger charge is -2.37. The summed E-state index contributed by atoms with van der Waals surface area (Å²) in [6, 6.07) is 8.17. The molecule has 1 aromatic carbocycles. The molecule has 4 rings (SSSR count). The Morgan fingerprint density at radius 2 is 1.71 bits per heavy atom. The second-order valence-corrected chi connectivity index (χ2v) is 8.70. The molecule has 1 aromatic rings. The molecule has 152 valence electrons. The lowest BCUT2D eigenvalue weighted by atomic mass is 9.84. The van der Waals surface area contributed by atoms with E-state index >= 15 is 0 Å². The van der Waals surface area contributed by atoms with Crippen LogP contribution in [-0.4, -0.2) is 35.4 Å². The third kappa shape index (κ3) is 4.86. The zero-order chi connectivity index (χ0) is 19.5. The van der Waals surface area contributed by atoms with Gasteiger partial charge in [-0.25, -0.2) is 0 Å². The Hall–Kier alpha value is -2.04. The number of rotatable bonds is 8. The number of nitrogens with zero attached hydrogens (tertiary/aromatic N) is 1. The van der Waals surface area contributed by atoms with Crippen molar-refractivity contribution in [1.29, 1.82) is 0 Å². The molecule has 0 radical (unpaired) electrons. The van der Waals surface area contributed by atoms with Crippen molar-refractivity contribution in [3.63, 3.8) is 0 Å². The Morgan fingerprint density at radius 1 is 1.04 bits per heavy atom. The Balaban J connectivity index is 1.31. The number of carbonyl (C=O) groups excluding carboxylic acids is 2. The molecule has 0 aromatic heterocycles. The quantitative estimate of drug-likeness (QED) is 0.724. The predicted octanol–water partition coefficient (Wildman–Crippen LogP) is 4.37. The van der Waals surface area contributed by atoms with Crippen molar-refractivity contribution >= 4 is 17.5 Å². The highest BCUT2D eigenvalue weighted by molar-refractivity contribution is 5.94. The summed E-state index contributed by atoms with van der Waals surface area (Å²) < 4.78 is 5.82. The Kier molecular flexibility index (Phi) is 5.88. The molecular weight excluding hydrogens is 352 g/mol. The highest BCUT2D eigenvalue weighted by Crippen LogP contribution is 2.36. The van der Waals surface area contributed by atoms with Gasteiger partial charge in [-0.1, -0.05) is 19.4 Å². The molecule has 0 spiro atoms. The fourth-order valence-corrected chi connectivity index (χ4v) is 4.36. The summed E-state index contributed by atoms with van der Waals surface area (Å²) in [5.41, 5.74) is 0.735. The molecule has 5 nitrogen and oxygen atoms in total. The van der Waals surface area contributed by atoms with Crippen LogP contribution in [0.3, 0.4) is 0 Å². The monoisotopic (exact) mass is 384 g/mol. The highest BCUT2D eigenvalue weighted by atomic mass is 16.5. The van der Waals surface area contributed by atoms with Gasteiger partial charge in [0.15, 0.2) is 6.61 Å². The third-order valence-electron chi connectivity index (χ3n) is 6.43. The average Bonchev–Trinajstić information content (AvgIpc) is 3.61. The second-order valence-electron chi connectivity index (χ2n) is 8.70. The minimum atomic E-state index is 0.0736. The van der Waals surface area contributed by atoms with Crippen molar-refractivity contribution in [2.45, 2.75) is 76.8 Å². The lowest BCUT2D eigenvalue weighted by Crippen LogP contribution is -2.45.